The van der Waals surface area contributed by atoms with E-state index in [0.29, 0.717) is 12.0 Å². The number of ether oxygens (including phenoxy) is 1. The van der Waals surface area contributed by atoms with Crippen LogP contribution in [0.3, 0.4) is 0 Å². The number of hydrogen-bond donors (Lipinski definition) is 3. The largest absolute Gasteiger partial charge is 0.480 e. The summed E-state index contributed by atoms with van der Waals surface area (Å²) in [5.41, 5.74) is 3.76. The van der Waals surface area contributed by atoms with Crippen molar-refractivity contribution in [3.63, 3.8) is 0 Å². The highest BCUT2D eigenvalue weighted by Crippen LogP contribution is 2.35. The van der Waals surface area contributed by atoms with Crippen molar-refractivity contribution in [2.45, 2.75) is 44.9 Å². The molecule has 0 aliphatic carbocycles. The molecule has 1 aromatic heterocycles. The summed E-state index contributed by atoms with van der Waals surface area (Å²) >= 11 is 0. The third-order valence-corrected chi connectivity index (χ3v) is 5.09. The molecule has 6 nitrogen and oxygen atoms in total. The molecule has 2 aromatic carbocycles. The van der Waals surface area contributed by atoms with E-state index in [1.54, 1.807) is 12.1 Å². The molecule has 1 aliphatic heterocycles. The second kappa shape index (κ2) is 7.04. The van der Waals surface area contributed by atoms with E-state index in [0.717, 1.165) is 27.7 Å². The van der Waals surface area contributed by atoms with Crippen molar-refractivity contribution in [1.29, 1.82) is 0 Å². The molecule has 3 N–H and O–H groups in total. The van der Waals surface area contributed by atoms with E-state index in [-0.39, 0.29) is 12.0 Å². The van der Waals surface area contributed by atoms with Crippen molar-refractivity contribution in [3.8, 4) is 0 Å². The number of esters is 1. The molecule has 0 fully saturated rings. The van der Waals surface area contributed by atoms with Crippen molar-refractivity contribution in [2.24, 2.45) is 0 Å². The quantitative estimate of drug-likeness (QED) is 0.590. The molecule has 3 aromatic rings. The Morgan fingerprint density at radius 3 is 2.41 bits per heavy atom. The first-order valence-corrected chi connectivity index (χ1v) is 9.64. The molecule has 0 bridgehead atoms. The lowest BCUT2D eigenvalue weighted by Gasteiger charge is -2.29. The number of carboxylic acid groups (broad SMARTS) is 1. The molecular weight excluding hydrogens is 368 g/mol. The Bertz CT molecular complexity index is 1080. The van der Waals surface area contributed by atoms with E-state index >= 15 is 0 Å². The lowest BCUT2D eigenvalue weighted by Crippen LogP contribution is -2.44. The zero-order chi connectivity index (χ0) is 20.8. The maximum absolute atomic E-state index is 12.3. The highest BCUT2D eigenvalue weighted by molar-refractivity contribution is 5.90. The number of H-pyrrole nitrogens is 1. The van der Waals surface area contributed by atoms with Crippen LogP contribution in [0.15, 0.2) is 48.5 Å². The zero-order valence-corrected chi connectivity index (χ0v) is 16.7. The number of aromatic amines is 1. The molecule has 6 heteroatoms. The monoisotopic (exact) mass is 392 g/mol. The first-order valence-electron chi connectivity index (χ1n) is 9.64. The molecular formula is C23H24N2O4. The Balaban J connectivity index is 1.71. The molecule has 0 radical (unpaired) electrons. The van der Waals surface area contributed by atoms with Gasteiger partial charge in [-0.2, -0.15) is 0 Å². The summed E-state index contributed by atoms with van der Waals surface area (Å²) in [6.07, 6.45) is 0.418. The first kappa shape index (κ1) is 19.2. The minimum Gasteiger partial charge on any atom is -0.480 e. The van der Waals surface area contributed by atoms with Gasteiger partial charge in [0.25, 0.3) is 0 Å². The number of carbonyl (C=O) groups excluding carboxylic acids is 1. The predicted octanol–water partition coefficient (Wildman–Crippen LogP) is 3.81. The van der Waals surface area contributed by atoms with Gasteiger partial charge >= 0.3 is 11.9 Å². The normalized spacial score (nSPS) is 19.0. The Labute approximate surface area is 168 Å². The van der Waals surface area contributed by atoms with Crippen LogP contribution in [0.2, 0.25) is 0 Å². The zero-order valence-electron chi connectivity index (χ0n) is 16.7. The number of fused-ring (bicyclic) bond motifs is 3. The van der Waals surface area contributed by atoms with Crippen molar-refractivity contribution in [1.82, 2.24) is 10.3 Å². The fraction of sp³-hybridized carbons (Fsp3) is 0.304. The number of benzene rings is 2. The fourth-order valence-corrected chi connectivity index (χ4v) is 3.80. The smallest absolute Gasteiger partial charge is 0.338 e. The van der Waals surface area contributed by atoms with Gasteiger partial charge in [-0.1, -0.05) is 30.3 Å². The lowest BCUT2D eigenvalue weighted by molar-refractivity contribution is -0.139. The number of hydrogen-bond acceptors (Lipinski definition) is 4. The molecule has 2 heterocycles. The van der Waals surface area contributed by atoms with Crippen LogP contribution in [0, 0.1) is 0 Å². The second-order valence-corrected chi connectivity index (χ2v) is 8.38. The van der Waals surface area contributed by atoms with Crippen LogP contribution in [0.1, 0.15) is 54.0 Å². The summed E-state index contributed by atoms with van der Waals surface area (Å²) in [7, 11) is 0. The average molecular weight is 392 g/mol. The molecule has 0 saturated heterocycles. The van der Waals surface area contributed by atoms with Crippen LogP contribution < -0.4 is 5.32 Å². The summed E-state index contributed by atoms with van der Waals surface area (Å²) in [5, 5.41) is 13.9. The maximum Gasteiger partial charge on any atom is 0.338 e. The van der Waals surface area contributed by atoms with Crippen LogP contribution in [-0.4, -0.2) is 33.7 Å². The van der Waals surface area contributed by atoms with Crippen LogP contribution in [0.25, 0.3) is 10.9 Å². The number of carboxylic acids is 1. The highest BCUT2D eigenvalue weighted by atomic mass is 16.6. The summed E-state index contributed by atoms with van der Waals surface area (Å²) in [6.45, 7) is 5.48. The topological polar surface area (TPSA) is 91.4 Å². The minimum absolute atomic E-state index is 0.306. The Morgan fingerprint density at radius 1 is 1.07 bits per heavy atom. The van der Waals surface area contributed by atoms with Gasteiger partial charge in [0.05, 0.1) is 11.6 Å². The van der Waals surface area contributed by atoms with Gasteiger partial charge < -0.3 is 14.8 Å². The number of aromatic nitrogens is 1. The first-order chi connectivity index (χ1) is 13.7. The number of carbonyl (C=O) groups is 2. The van der Waals surface area contributed by atoms with Gasteiger partial charge in [0.15, 0.2) is 0 Å². The van der Waals surface area contributed by atoms with E-state index in [9.17, 15) is 14.7 Å². The highest BCUT2D eigenvalue weighted by Gasteiger charge is 2.33. The van der Waals surface area contributed by atoms with Gasteiger partial charge in [0.2, 0.25) is 0 Å². The Morgan fingerprint density at radius 2 is 1.76 bits per heavy atom. The van der Waals surface area contributed by atoms with E-state index < -0.39 is 17.6 Å². The average Bonchev–Trinajstić information content (AvgIpc) is 3.04. The molecule has 0 saturated carbocycles. The molecule has 0 unspecified atom stereocenters. The standard InChI is InChI=1S/C23H24N2O4/c1-23(2,3)29-22(28)14-10-8-13(9-11-14)19-20-16(12-18(25-19)21(26)27)15-6-4-5-7-17(15)24-20/h4-11,18-19,24-25H,12H2,1-3H3,(H,26,27)/t18-,19-/m1/s1. The molecule has 0 spiro atoms. The van der Waals surface area contributed by atoms with Gasteiger partial charge in [-0.3, -0.25) is 10.1 Å². The van der Waals surface area contributed by atoms with Gasteiger partial charge in [0, 0.05) is 23.0 Å². The SMILES string of the molecule is CC(C)(C)OC(=O)c1ccc([C@H]2N[C@@H](C(=O)O)Cc3c2[nH]c2ccccc32)cc1. The van der Waals surface area contributed by atoms with Crippen LogP contribution in [0.5, 0.6) is 0 Å². The number of rotatable bonds is 3. The van der Waals surface area contributed by atoms with E-state index in [1.165, 1.54) is 0 Å². The summed E-state index contributed by atoms with van der Waals surface area (Å²) < 4.78 is 5.42. The number of para-hydroxylation sites is 1. The van der Waals surface area contributed by atoms with E-state index in [4.69, 9.17) is 4.74 Å². The summed E-state index contributed by atoms with van der Waals surface area (Å²) in [5.74, 6) is -1.26. The maximum atomic E-state index is 12.3. The minimum atomic E-state index is -0.878. The van der Waals surface area contributed by atoms with E-state index in [2.05, 4.69) is 10.3 Å². The van der Waals surface area contributed by atoms with Gasteiger partial charge in [-0.15, -0.1) is 0 Å². The summed E-state index contributed by atoms with van der Waals surface area (Å²) in [6, 6.07) is 14.1. The van der Waals surface area contributed by atoms with Gasteiger partial charge in [0.1, 0.15) is 11.6 Å². The predicted molar refractivity (Wildman–Crippen MR) is 110 cm³/mol. The molecule has 0 amide bonds. The Kier molecular flexibility index (Phi) is 4.67. The van der Waals surface area contributed by atoms with Gasteiger partial charge in [-0.25, -0.2) is 4.79 Å². The molecule has 29 heavy (non-hydrogen) atoms. The van der Waals surface area contributed by atoms with Gasteiger partial charge in [-0.05, 0) is 50.1 Å². The summed E-state index contributed by atoms with van der Waals surface area (Å²) in [4.78, 5) is 27.5. The van der Waals surface area contributed by atoms with Crippen molar-refractivity contribution < 1.29 is 19.4 Å². The molecule has 150 valence electrons. The molecule has 1 aliphatic rings. The van der Waals surface area contributed by atoms with Crippen LogP contribution in [0.4, 0.5) is 0 Å². The number of aliphatic carboxylic acids is 1. The molecule has 2 atom stereocenters. The second-order valence-electron chi connectivity index (χ2n) is 8.38. The van der Waals surface area contributed by atoms with Crippen LogP contribution in [-0.2, 0) is 16.0 Å². The van der Waals surface area contributed by atoms with Crippen molar-refractivity contribution >= 4 is 22.8 Å². The number of nitrogens with one attached hydrogen (secondary N) is 2. The Hall–Kier alpha value is -3.12. The van der Waals surface area contributed by atoms with Crippen molar-refractivity contribution in [2.75, 3.05) is 0 Å². The van der Waals surface area contributed by atoms with E-state index in [1.807, 2.05) is 57.2 Å². The third kappa shape index (κ3) is 3.76. The van der Waals surface area contributed by atoms with Crippen molar-refractivity contribution in [3.05, 3.63) is 70.9 Å². The molecule has 4 rings (SSSR count). The third-order valence-electron chi connectivity index (χ3n) is 5.09. The lowest BCUT2D eigenvalue weighted by atomic mass is 9.90. The van der Waals surface area contributed by atoms with Crippen LogP contribution >= 0.6 is 0 Å². The fourth-order valence-electron chi connectivity index (χ4n) is 3.80.